The number of hydrogen-bond acceptors (Lipinski definition) is 4. The predicted octanol–water partition coefficient (Wildman–Crippen LogP) is 6.27. The Morgan fingerprint density at radius 1 is 1.19 bits per heavy atom. The second-order valence-corrected chi connectivity index (χ2v) is 12.8. The molecular weight excluding hydrogens is 344 g/mol. The first-order valence-electron chi connectivity index (χ1n) is 9.17. The normalized spacial score (nSPS) is 18.3. The molecule has 0 radical (unpaired) electrons. The molecule has 0 saturated heterocycles. The van der Waals surface area contributed by atoms with E-state index >= 15 is 0 Å². The number of allylic oxidation sites excluding steroid dienone is 1. The van der Waals surface area contributed by atoms with Crippen LogP contribution in [0.15, 0.2) is 48.7 Å². The van der Waals surface area contributed by atoms with Crippen molar-refractivity contribution < 1.29 is 18.7 Å². The third-order valence-electron chi connectivity index (χ3n) is 4.95. The molecule has 0 aromatic heterocycles. The van der Waals surface area contributed by atoms with E-state index in [1.165, 1.54) is 6.26 Å². The van der Waals surface area contributed by atoms with E-state index in [1.54, 1.807) is 0 Å². The maximum atomic E-state index is 12.0. The molecule has 0 heterocycles. The summed E-state index contributed by atoms with van der Waals surface area (Å²) >= 11 is 0. The molecular formula is C21H30O4Si. The fraction of sp³-hybridized carbons (Fsp3) is 0.476. The molecule has 0 aliphatic heterocycles. The van der Waals surface area contributed by atoms with E-state index in [2.05, 4.69) is 33.9 Å². The van der Waals surface area contributed by atoms with Gasteiger partial charge in [-0.05, 0) is 43.5 Å². The Hall–Kier alpha value is -2.01. The smallest absolute Gasteiger partial charge is 0.513 e. The average Bonchev–Trinajstić information content (AvgIpc) is 2.59. The molecule has 0 spiro atoms. The third-order valence-corrected chi connectivity index (χ3v) is 9.29. The number of benzene rings is 1. The molecule has 0 bridgehead atoms. The molecule has 5 heteroatoms. The van der Waals surface area contributed by atoms with E-state index in [0.717, 1.165) is 24.8 Å². The van der Waals surface area contributed by atoms with E-state index in [-0.39, 0.29) is 11.1 Å². The first-order chi connectivity index (χ1) is 12.2. The number of ether oxygens (including phenoxy) is 2. The highest BCUT2D eigenvalue weighted by Gasteiger charge is 2.39. The van der Waals surface area contributed by atoms with E-state index in [0.29, 0.717) is 5.76 Å². The Bertz CT molecular complexity index is 656. The lowest BCUT2D eigenvalue weighted by Crippen LogP contribution is -2.40. The standard InChI is InChI=1S/C21H30O4Si/c1-21(2,3)26(4,5)25-19(17-12-8-6-9-13-17)16-23-20(22)24-18-14-10-7-11-15-18/h6,8-10,12-14,16,18H,7,11,15H2,1-5H3/b19-16-. The maximum absolute atomic E-state index is 12.0. The summed E-state index contributed by atoms with van der Waals surface area (Å²) in [4.78, 5) is 12.0. The van der Waals surface area contributed by atoms with E-state index < -0.39 is 14.5 Å². The van der Waals surface area contributed by atoms with Crippen molar-refractivity contribution in [2.45, 2.75) is 64.3 Å². The van der Waals surface area contributed by atoms with Gasteiger partial charge in [0.05, 0.1) is 0 Å². The van der Waals surface area contributed by atoms with Crippen molar-refractivity contribution in [3.05, 3.63) is 54.3 Å². The minimum Gasteiger partial charge on any atom is -0.541 e. The molecule has 142 valence electrons. The fourth-order valence-electron chi connectivity index (χ4n) is 2.31. The van der Waals surface area contributed by atoms with E-state index in [9.17, 15) is 4.79 Å². The second kappa shape index (κ2) is 8.58. The van der Waals surface area contributed by atoms with Gasteiger partial charge in [-0.1, -0.05) is 57.2 Å². The van der Waals surface area contributed by atoms with Gasteiger partial charge in [0.1, 0.15) is 18.1 Å². The van der Waals surface area contributed by atoms with Gasteiger partial charge in [0.25, 0.3) is 8.32 Å². The van der Waals surface area contributed by atoms with Gasteiger partial charge in [0.15, 0.2) is 0 Å². The topological polar surface area (TPSA) is 44.8 Å². The molecule has 1 aromatic rings. The van der Waals surface area contributed by atoms with Crippen LogP contribution in [0, 0.1) is 0 Å². The largest absolute Gasteiger partial charge is 0.541 e. The minimum atomic E-state index is -2.08. The summed E-state index contributed by atoms with van der Waals surface area (Å²) in [5, 5.41) is 0.0360. The van der Waals surface area contributed by atoms with Crippen LogP contribution < -0.4 is 0 Å². The van der Waals surface area contributed by atoms with Crippen LogP contribution in [0.5, 0.6) is 0 Å². The molecule has 0 saturated carbocycles. The quantitative estimate of drug-likeness (QED) is 0.264. The molecule has 1 aliphatic carbocycles. The van der Waals surface area contributed by atoms with Crippen molar-refractivity contribution in [2.75, 3.05) is 0 Å². The van der Waals surface area contributed by atoms with Crippen molar-refractivity contribution >= 4 is 20.2 Å². The van der Waals surface area contributed by atoms with E-state index in [1.807, 2.05) is 42.5 Å². The van der Waals surface area contributed by atoms with Crippen molar-refractivity contribution in [1.82, 2.24) is 0 Å². The zero-order valence-corrected chi connectivity index (χ0v) is 17.5. The van der Waals surface area contributed by atoms with Crippen molar-refractivity contribution in [3.8, 4) is 0 Å². The highest BCUT2D eigenvalue weighted by molar-refractivity contribution is 6.74. The minimum absolute atomic E-state index is 0.0360. The van der Waals surface area contributed by atoms with Gasteiger partial charge in [-0.2, -0.15) is 0 Å². The van der Waals surface area contributed by atoms with Gasteiger partial charge in [-0.15, -0.1) is 0 Å². The Labute approximate surface area is 158 Å². The van der Waals surface area contributed by atoms with Crippen LogP contribution in [0.2, 0.25) is 18.1 Å². The Balaban J connectivity index is 2.13. The first kappa shape index (κ1) is 20.3. The van der Waals surface area contributed by atoms with Gasteiger partial charge in [0, 0.05) is 5.56 Å². The summed E-state index contributed by atoms with van der Waals surface area (Å²) in [5.41, 5.74) is 0.877. The van der Waals surface area contributed by atoms with Gasteiger partial charge < -0.3 is 13.9 Å². The highest BCUT2D eigenvalue weighted by Crippen LogP contribution is 2.39. The number of carbonyl (C=O) groups is 1. The van der Waals surface area contributed by atoms with Gasteiger partial charge in [-0.3, -0.25) is 0 Å². The summed E-state index contributed by atoms with van der Waals surface area (Å²) in [6.07, 6.45) is 7.32. The molecule has 0 amide bonds. The van der Waals surface area contributed by atoms with Crippen molar-refractivity contribution in [2.24, 2.45) is 0 Å². The molecule has 26 heavy (non-hydrogen) atoms. The molecule has 1 atom stereocenters. The third kappa shape index (κ3) is 5.76. The Morgan fingerprint density at radius 2 is 1.88 bits per heavy atom. The van der Waals surface area contributed by atoms with Crippen LogP contribution in [0.1, 0.15) is 45.6 Å². The van der Waals surface area contributed by atoms with Crippen molar-refractivity contribution in [3.63, 3.8) is 0 Å². The van der Waals surface area contributed by atoms with Crippen LogP contribution >= 0.6 is 0 Å². The predicted molar refractivity (Wildman–Crippen MR) is 107 cm³/mol. The van der Waals surface area contributed by atoms with Gasteiger partial charge in [-0.25, -0.2) is 4.79 Å². The average molecular weight is 375 g/mol. The number of carbonyl (C=O) groups excluding carboxylic acids is 1. The van der Waals surface area contributed by atoms with Crippen LogP contribution in [-0.4, -0.2) is 20.6 Å². The summed E-state index contributed by atoms with van der Waals surface area (Å²) < 4.78 is 17.0. The maximum Gasteiger partial charge on any atom is 0.513 e. The molecule has 4 nitrogen and oxygen atoms in total. The van der Waals surface area contributed by atoms with Crippen LogP contribution in [0.3, 0.4) is 0 Å². The highest BCUT2D eigenvalue weighted by atomic mass is 28.4. The molecule has 0 fully saturated rings. The number of rotatable bonds is 5. The lowest BCUT2D eigenvalue weighted by atomic mass is 10.1. The second-order valence-electron chi connectivity index (χ2n) is 8.09. The summed E-state index contributed by atoms with van der Waals surface area (Å²) in [7, 11) is -2.08. The van der Waals surface area contributed by atoms with Crippen LogP contribution in [0.25, 0.3) is 5.76 Å². The molecule has 0 N–H and O–H groups in total. The molecule has 2 rings (SSSR count). The van der Waals surface area contributed by atoms with Gasteiger partial charge in [0.2, 0.25) is 0 Å². The first-order valence-corrected chi connectivity index (χ1v) is 12.1. The molecule has 1 aromatic carbocycles. The summed E-state index contributed by atoms with van der Waals surface area (Å²) in [6.45, 7) is 10.8. The molecule has 1 unspecified atom stereocenters. The Morgan fingerprint density at radius 3 is 2.46 bits per heavy atom. The zero-order chi connectivity index (χ0) is 19.2. The monoisotopic (exact) mass is 374 g/mol. The lowest BCUT2D eigenvalue weighted by molar-refractivity contribution is 0.0580. The number of hydrogen-bond donors (Lipinski definition) is 0. The Kier molecular flexibility index (Phi) is 6.70. The van der Waals surface area contributed by atoms with Crippen molar-refractivity contribution in [1.29, 1.82) is 0 Å². The van der Waals surface area contributed by atoms with E-state index in [4.69, 9.17) is 13.9 Å². The van der Waals surface area contributed by atoms with Gasteiger partial charge >= 0.3 is 6.16 Å². The fourth-order valence-corrected chi connectivity index (χ4v) is 3.34. The lowest BCUT2D eigenvalue weighted by Gasteiger charge is -2.37. The van der Waals surface area contributed by atoms with Crippen LogP contribution in [0.4, 0.5) is 4.79 Å². The zero-order valence-electron chi connectivity index (χ0n) is 16.5. The summed E-state index contributed by atoms with van der Waals surface area (Å²) in [6, 6.07) is 9.69. The summed E-state index contributed by atoms with van der Waals surface area (Å²) in [5.74, 6) is 0.563. The van der Waals surface area contributed by atoms with Crippen LogP contribution in [-0.2, 0) is 13.9 Å². The SMILES string of the molecule is CC(C)(C)[Si](C)(C)O/C(=C\OC(=O)OC1C=CCCC1)c1ccccc1. The molecule has 1 aliphatic rings.